The second-order valence-electron chi connectivity index (χ2n) is 9.10. The van der Waals surface area contributed by atoms with E-state index in [2.05, 4.69) is 43.3 Å². The molecule has 3 unspecified atom stereocenters. The van der Waals surface area contributed by atoms with Gasteiger partial charge in [-0.15, -0.1) is 0 Å². The van der Waals surface area contributed by atoms with Crippen LogP contribution in [0.25, 0.3) is 0 Å². The van der Waals surface area contributed by atoms with Crippen molar-refractivity contribution >= 4 is 0 Å². The summed E-state index contributed by atoms with van der Waals surface area (Å²) in [5.74, 6) is 2.43. The number of epoxide rings is 1. The molecule has 0 bridgehead atoms. The van der Waals surface area contributed by atoms with Crippen LogP contribution in [0.5, 0.6) is 17.2 Å². The van der Waals surface area contributed by atoms with Crippen LogP contribution in [-0.2, 0) is 14.9 Å². The summed E-state index contributed by atoms with van der Waals surface area (Å²) in [4.78, 5) is 0. The van der Waals surface area contributed by atoms with E-state index in [1.54, 1.807) is 0 Å². The van der Waals surface area contributed by atoms with Crippen molar-refractivity contribution in [1.29, 1.82) is 0 Å². The number of ether oxygens (including phenoxy) is 5. The minimum Gasteiger partial charge on any atom is -0.494 e. The fourth-order valence-corrected chi connectivity index (χ4v) is 4.20. The molecule has 3 aromatic carbocycles. The number of hydrogen-bond acceptors (Lipinski definition) is 6. The minimum atomic E-state index is -0.409. The number of aliphatic hydroxyl groups is 1. The number of rotatable bonds is 12. The van der Waals surface area contributed by atoms with E-state index in [4.69, 9.17) is 28.8 Å². The average molecular weight is 477 g/mol. The number of benzene rings is 3. The lowest BCUT2D eigenvalue weighted by molar-refractivity contribution is -0.165. The molecule has 0 amide bonds. The third-order valence-electron chi connectivity index (χ3n) is 6.63. The van der Waals surface area contributed by atoms with Crippen LogP contribution >= 0.6 is 0 Å². The SMILES string of the molecule is CC(c1ccc(OCCCO)cc1)(c1ccc(OCC2CO2)cc1)c1ccc(OC2CCO2)cc1. The molecule has 0 saturated carbocycles. The molecule has 3 aromatic rings. The van der Waals surface area contributed by atoms with E-state index >= 15 is 0 Å². The van der Waals surface area contributed by atoms with Crippen LogP contribution in [0.1, 0.15) is 36.5 Å². The van der Waals surface area contributed by atoms with Gasteiger partial charge in [0, 0.05) is 24.9 Å². The van der Waals surface area contributed by atoms with Gasteiger partial charge in [0.05, 0.1) is 19.8 Å². The molecular weight excluding hydrogens is 444 g/mol. The van der Waals surface area contributed by atoms with Gasteiger partial charge in [0.15, 0.2) is 0 Å². The Morgan fingerprint density at radius 3 is 1.77 bits per heavy atom. The van der Waals surface area contributed by atoms with Gasteiger partial charge in [-0.1, -0.05) is 36.4 Å². The van der Waals surface area contributed by atoms with Crippen molar-refractivity contribution in [2.24, 2.45) is 0 Å². The summed E-state index contributed by atoms with van der Waals surface area (Å²) in [6.07, 6.45) is 1.62. The van der Waals surface area contributed by atoms with Crippen molar-refractivity contribution < 1.29 is 28.8 Å². The maximum Gasteiger partial charge on any atom is 0.202 e. The molecule has 0 spiro atoms. The monoisotopic (exact) mass is 476 g/mol. The zero-order chi connectivity index (χ0) is 24.1. The molecular formula is C29H32O6. The number of aliphatic hydroxyl groups excluding tert-OH is 1. The van der Waals surface area contributed by atoms with Gasteiger partial charge in [-0.3, -0.25) is 0 Å². The molecule has 6 heteroatoms. The lowest BCUT2D eigenvalue weighted by Crippen LogP contribution is -2.32. The van der Waals surface area contributed by atoms with Gasteiger partial charge in [-0.2, -0.15) is 0 Å². The quantitative estimate of drug-likeness (QED) is 0.232. The molecule has 2 heterocycles. The van der Waals surface area contributed by atoms with Crippen molar-refractivity contribution in [3.05, 3.63) is 89.5 Å². The van der Waals surface area contributed by atoms with Crippen LogP contribution in [0, 0.1) is 0 Å². The van der Waals surface area contributed by atoms with Crippen molar-refractivity contribution in [2.75, 3.05) is 33.0 Å². The first-order valence-electron chi connectivity index (χ1n) is 12.2. The first-order chi connectivity index (χ1) is 17.1. The summed E-state index contributed by atoms with van der Waals surface area (Å²) in [5.41, 5.74) is 3.03. The van der Waals surface area contributed by atoms with Crippen molar-refractivity contribution in [3.63, 3.8) is 0 Å². The molecule has 1 N–H and O–H groups in total. The summed E-state index contributed by atoms with van der Waals surface area (Å²) in [6.45, 7) is 4.97. The molecule has 5 rings (SSSR count). The average Bonchev–Trinajstić information content (AvgIpc) is 3.70. The van der Waals surface area contributed by atoms with Crippen LogP contribution in [0.4, 0.5) is 0 Å². The second-order valence-corrected chi connectivity index (χ2v) is 9.10. The van der Waals surface area contributed by atoms with Gasteiger partial charge in [0.25, 0.3) is 0 Å². The third kappa shape index (κ3) is 5.61. The topological polar surface area (TPSA) is 69.7 Å². The Kier molecular flexibility index (Phi) is 7.23. The Labute approximate surface area is 206 Å². The lowest BCUT2D eigenvalue weighted by Gasteiger charge is -2.32. The molecule has 0 aliphatic carbocycles. The lowest BCUT2D eigenvalue weighted by atomic mass is 9.71. The van der Waals surface area contributed by atoms with Crippen LogP contribution in [0.3, 0.4) is 0 Å². The summed E-state index contributed by atoms with van der Waals surface area (Å²) in [5, 5.41) is 9.00. The van der Waals surface area contributed by atoms with E-state index in [-0.39, 0.29) is 19.0 Å². The highest BCUT2D eigenvalue weighted by molar-refractivity contribution is 5.52. The molecule has 2 fully saturated rings. The summed E-state index contributed by atoms with van der Waals surface area (Å²) in [7, 11) is 0. The fourth-order valence-electron chi connectivity index (χ4n) is 4.20. The van der Waals surface area contributed by atoms with Crippen LogP contribution in [0.15, 0.2) is 72.8 Å². The smallest absolute Gasteiger partial charge is 0.202 e. The van der Waals surface area contributed by atoms with Crippen LogP contribution in [-0.4, -0.2) is 50.5 Å². The third-order valence-corrected chi connectivity index (χ3v) is 6.63. The summed E-state index contributed by atoms with van der Waals surface area (Å²) in [6, 6.07) is 24.7. The first-order valence-corrected chi connectivity index (χ1v) is 12.2. The molecule has 0 aromatic heterocycles. The predicted octanol–water partition coefficient (Wildman–Crippen LogP) is 4.70. The maximum absolute atomic E-state index is 9.00. The van der Waals surface area contributed by atoms with Gasteiger partial charge in [-0.25, -0.2) is 0 Å². The standard InChI is InChI=1S/C29H32O6/c1-29(21-3-9-24(10-4-21)31-17-2-16-30,22-5-11-25(12-6-22)33-19-27-20-34-27)23-7-13-26(14-8-23)35-28-15-18-32-28/h3-14,27-28,30H,2,15-20H2,1H3. The Morgan fingerprint density at radius 1 is 0.800 bits per heavy atom. The van der Waals surface area contributed by atoms with Gasteiger partial charge in [-0.05, 0) is 60.0 Å². The van der Waals surface area contributed by atoms with E-state index in [0.717, 1.165) is 53.6 Å². The fraction of sp³-hybridized carbons (Fsp3) is 0.379. The highest BCUT2D eigenvalue weighted by atomic mass is 16.7. The van der Waals surface area contributed by atoms with Gasteiger partial charge >= 0.3 is 0 Å². The van der Waals surface area contributed by atoms with Crippen LogP contribution < -0.4 is 14.2 Å². The Balaban J connectivity index is 1.42. The Morgan fingerprint density at radius 2 is 1.31 bits per heavy atom. The predicted molar refractivity (Wildman–Crippen MR) is 132 cm³/mol. The normalized spacial score (nSPS) is 20.4. The van der Waals surface area contributed by atoms with Gasteiger partial charge < -0.3 is 28.8 Å². The molecule has 2 aliphatic rings. The second kappa shape index (κ2) is 10.7. The Bertz CT molecular complexity index is 1070. The van der Waals surface area contributed by atoms with Gasteiger partial charge in [0.2, 0.25) is 6.29 Å². The first kappa shape index (κ1) is 23.7. The molecule has 35 heavy (non-hydrogen) atoms. The van der Waals surface area contributed by atoms with E-state index in [0.29, 0.717) is 19.6 Å². The molecule has 6 nitrogen and oxygen atoms in total. The van der Waals surface area contributed by atoms with E-state index < -0.39 is 5.41 Å². The molecule has 184 valence electrons. The molecule has 2 aliphatic heterocycles. The summed E-state index contributed by atoms with van der Waals surface area (Å²) >= 11 is 0. The van der Waals surface area contributed by atoms with E-state index in [1.165, 1.54) is 0 Å². The highest BCUT2D eigenvalue weighted by Gasteiger charge is 2.32. The largest absolute Gasteiger partial charge is 0.494 e. The summed E-state index contributed by atoms with van der Waals surface area (Å²) < 4.78 is 28.1. The van der Waals surface area contributed by atoms with Crippen molar-refractivity contribution in [2.45, 2.75) is 37.6 Å². The van der Waals surface area contributed by atoms with Crippen molar-refractivity contribution in [1.82, 2.24) is 0 Å². The Hall–Kier alpha value is -3.06. The van der Waals surface area contributed by atoms with Gasteiger partial charge in [0.1, 0.15) is 30.0 Å². The highest BCUT2D eigenvalue weighted by Crippen LogP contribution is 2.40. The molecule has 0 radical (unpaired) electrons. The maximum atomic E-state index is 9.00. The minimum absolute atomic E-state index is 0.121. The zero-order valence-corrected chi connectivity index (χ0v) is 20.0. The van der Waals surface area contributed by atoms with E-state index in [1.807, 2.05) is 36.4 Å². The zero-order valence-electron chi connectivity index (χ0n) is 20.0. The molecule has 3 atom stereocenters. The molecule has 2 saturated heterocycles. The van der Waals surface area contributed by atoms with Crippen LogP contribution in [0.2, 0.25) is 0 Å². The number of hydrogen-bond donors (Lipinski definition) is 1. The van der Waals surface area contributed by atoms with E-state index in [9.17, 15) is 0 Å². The van der Waals surface area contributed by atoms with Crippen molar-refractivity contribution in [3.8, 4) is 17.2 Å².